The predicted molar refractivity (Wildman–Crippen MR) is 48.3 cm³/mol. The highest BCUT2D eigenvalue weighted by molar-refractivity contribution is 9.07. The number of nitrogens with zero attached hydrogens (tertiary/aromatic N) is 1. The fourth-order valence-electron chi connectivity index (χ4n) is 1.45. The third kappa shape index (κ3) is 2.19. The van der Waals surface area contributed by atoms with Gasteiger partial charge in [0.15, 0.2) is 0 Å². The summed E-state index contributed by atoms with van der Waals surface area (Å²) in [5.74, 6) is 0.530. The molecule has 1 rings (SSSR count). The van der Waals surface area contributed by atoms with Crippen LogP contribution in [0.4, 0.5) is 0 Å². The maximum Gasteiger partial charge on any atom is 0.235 e. The summed E-state index contributed by atoms with van der Waals surface area (Å²) >= 11 is 3.27. The molecule has 0 radical (unpaired) electrons. The van der Waals surface area contributed by atoms with E-state index in [4.69, 9.17) is 0 Å². The molecule has 2 nitrogen and oxygen atoms in total. The zero-order valence-corrected chi connectivity index (χ0v) is 8.43. The Kier molecular flexibility index (Phi) is 3.37. The van der Waals surface area contributed by atoms with Gasteiger partial charge in [0.25, 0.3) is 0 Å². The van der Waals surface area contributed by atoms with Crippen molar-refractivity contribution in [3.05, 3.63) is 0 Å². The maximum atomic E-state index is 11.5. The van der Waals surface area contributed by atoms with Gasteiger partial charge in [-0.1, -0.05) is 13.3 Å². The fraction of sp³-hybridized carbons (Fsp3) is 0.875. The molecule has 1 atom stereocenters. The van der Waals surface area contributed by atoms with Crippen LogP contribution < -0.4 is 0 Å². The maximum absolute atomic E-state index is 11.5. The van der Waals surface area contributed by atoms with Gasteiger partial charge in [-0.2, -0.15) is 0 Å². The lowest BCUT2D eigenvalue weighted by atomic mass is 10.0. The predicted octanol–water partition coefficient (Wildman–Crippen LogP) is 2.33. The third-order valence-corrected chi connectivity index (χ3v) is 2.94. The van der Waals surface area contributed by atoms with Gasteiger partial charge in [0.1, 0.15) is 0 Å². The van der Waals surface area contributed by atoms with Gasteiger partial charge >= 0.3 is 0 Å². The molecule has 1 unspecified atom stereocenters. The van der Waals surface area contributed by atoms with Gasteiger partial charge < -0.3 is 0 Å². The van der Waals surface area contributed by atoms with Crippen LogP contribution in [0.1, 0.15) is 32.6 Å². The first kappa shape index (κ1) is 9.04. The van der Waals surface area contributed by atoms with Crippen molar-refractivity contribution in [3.8, 4) is 0 Å². The van der Waals surface area contributed by atoms with Crippen molar-refractivity contribution in [2.24, 2.45) is 5.92 Å². The fourth-order valence-corrected chi connectivity index (χ4v) is 1.99. The molecule has 64 valence electrons. The number of carbonyl (C=O) groups excluding carboxylic acids is 1. The number of halogens is 1. The van der Waals surface area contributed by atoms with Crippen LogP contribution in [-0.2, 0) is 4.79 Å². The number of amides is 1. The Bertz CT molecular complexity index is 149. The summed E-state index contributed by atoms with van der Waals surface area (Å²) in [5, 5.41) is 0. The molecule has 11 heavy (non-hydrogen) atoms. The van der Waals surface area contributed by atoms with Crippen molar-refractivity contribution < 1.29 is 4.79 Å². The average Bonchev–Trinajstić information content (AvgIpc) is 2.16. The third-order valence-electron chi connectivity index (χ3n) is 2.24. The molecule has 1 saturated heterocycles. The summed E-state index contributed by atoms with van der Waals surface area (Å²) in [4.78, 5) is 11.5. The molecule has 1 aliphatic heterocycles. The lowest BCUT2D eigenvalue weighted by Crippen LogP contribution is -2.26. The minimum atomic E-state index is 0.261. The topological polar surface area (TPSA) is 20.3 Å². The molecule has 0 bridgehead atoms. The second-order valence-corrected chi connectivity index (χ2v) is 3.88. The second kappa shape index (κ2) is 4.10. The molecule has 0 aliphatic carbocycles. The smallest absolute Gasteiger partial charge is 0.235 e. The number of carbonyl (C=O) groups is 1. The SMILES string of the molecule is CCC1CCCCN(Br)C1=O. The first-order valence-electron chi connectivity index (χ1n) is 4.23. The summed E-state index contributed by atoms with van der Waals surface area (Å²) < 4.78 is 1.69. The molecule has 0 N–H and O–H groups in total. The van der Waals surface area contributed by atoms with Crippen molar-refractivity contribution in [2.45, 2.75) is 32.6 Å². The molecule has 1 heterocycles. The summed E-state index contributed by atoms with van der Waals surface area (Å²) in [6, 6.07) is 0. The molecule has 3 heteroatoms. The van der Waals surface area contributed by atoms with Gasteiger partial charge in [-0.3, -0.25) is 8.72 Å². The van der Waals surface area contributed by atoms with Crippen LogP contribution in [0.5, 0.6) is 0 Å². The van der Waals surface area contributed by atoms with E-state index in [9.17, 15) is 4.79 Å². The quantitative estimate of drug-likeness (QED) is 0.621. The number of hydrogen-bond donors (Lipinski definition) is 0. The van der Waals surface area contributed by atoms with E-state index in [0.717, 1.165) is 25.8 Å². The number of rotatable bonds is 1. The zero-order valence-electron chi connectivity index (χ0n) is 6.85. The Balaban J connectivity index is 2.56. The Morgan fingerprint density at radius 2 is 2.36 bits per heavy atom. The van der Waals surface area contributed by atoms with Crippen molar-refractivity contribution >= 4 is 22.1 Å². The zero-order chi connectivity index (χ0) is 8.27. The van der Waals surface area contributed by atoms with E-state index in [1.807, 2.05) is 0 Å². The monoisotopic (exact) mass is 219 g/mol. The highest BCUT2D eigenvalue weighted by atomic mass is 79.9. The standard InChI is InChI=1S/C8H14BrNO/c1-2-7-5-3-4-6-10(9)8(7)11/h7H,2-6H2,1H3. The molecule has 1 amide bonds. The summed E-state index contributed by atoms with van der Waals surface area (Å²) in [6.07, 6.45) is 4.36. The molecule has 0 aromatic carbocycles. The molecule has 0 aromatic rings. The Labute approximate surface area is 76.3 Å². The van der Waals surface area contributed by atoms with Crippen LogP contribution in [0.2, 0.25) is 0 Å². The van der Waals surface area contributed by atoms with E-state index in [2.05, 4.69) is 23.1 Å². The van der Waals surface area contributed by atoms with Gasteiger partial charge in [0.2, 0.25) is 5.91 Å². The minimum Gasteiger partial charge on any atom is -0.279 e. The molecular formula is C8H14BrNO. The normalized spacial score (nSPS) is 26.9. The number of hydrogen-bond acceptors (Lipinski definition) is 1. The Morgan fingerprint density at radius 1 is 1.64 bits per heavy atom. The molecule has 1 fully saturated rings. The highest BCUT2D eigenvalue weighted by Gasteiger charge is 2.23. The van der Waals surface area contributed by atoms with Crippen LogP contribution in [0.25, 0.3) is 0 Å². The first-order chi connectivity index (χ1) is 5.25. The summed E-state index contributed by atoms with van der Waals surface area (Å²) in [6.45, 7) is 2.95. The lowest BCUT2D eigenvalue weighted by molar-refractivity contribution is -0.129. The van der Waals surface area contributed by atoms with Crippen molar-refractivity contribution in [1.29, 1.82) is 0 Å². The van der Waals surface area contributed by atoms with Gasteiger partial charge in [-0.25, -0.2) is 0 Å². The molecule has 0 saturated carbocycles. The van der Waals surface area contributed by atoms with Crippen LogP contribution in [0, 0.1) is 5.92 Å². The van der Waals surface area contributed by atoms with E-state index < -0.39 is 0 Å². The van der Waals surface area contributed by atoms with E-state index in [-0.39, 0.29) is 11.8 Å². The summed E-state index contributed by atoms with van der Waals surface area (Å²) in [7, 11) is 0. The lowest BCUT2D eigenvalue weighted by Gasteiger charge is -2.15. The van der Waals surface area contributed by atoms with Gasteiger partial charge in [-0.05, 0) is 19.3 Å². The van der Waals surface area contributed by atoms with E-state index in [0.29, 0.717) is 0 Å². The largest absolute Gasteiger partial charge is 0.279 e. The first-order valence-corrected chi connectivity index (χ1v) is 4.93. The average molecular weight is 220 g/mol. The van der Waals surface area contributed by atoms with Gasteiger partial charge in [0.05, 0.1) is 16.1 Å². The minimum absolute atomic E-state index is 0.261. The molecule has 0 spiro atoms. The van der Waals surface area contributed by atoms with Crippen molar-refractivity contribution in [3.63, 3.8) is 0 Å². The Morgan fingerprint density at radius 3 is 3.00 bits per heavy atom. The van der Waals surface area contributed by atoms with Crippen LogP contribution in [0.3, 0.4) is 0 Å². The molecule has 0 aromatic heterocycles. The van der Waals surface area contributed by atoms with Crippen molar-refractivity contribution in [2.75, 3.05) is 6.54 Å². The van der Waals surface area contributed by atoms with E-state index in [1.54, 1.807) is 3.93 Å². The Hall–Kier alpha value is -0.0500. The van der Waals surface area contributed by atoms with E-state index >= 15 is 0 Å². The highest BCUT2D eigenvalue weighted by Crippen LogP contribution is 2.22. The molecule has 1 aliphatic rings. The van der Waals surface area contributed by atoms with Crippen molar-refractivity contribution in [1.82, 2.24) is 3.93 Å². The van der Waals surface area contributed by atoms with Crippen LogP contribution in [0.15, 0.2) is 0 Å². The second-order valence-electron chi connectivity index (χ2n) is 3.02. The van der Waals surface area contributed by atoms with E-state index in [1.165, 1.54) is 6.42 Å². The van der Waals surface area contributed by atoms with Gasteiger partial charge in [0, 0.05) is 12.5 Å². The van der Waals surface area contributed by atoms with Crippen LogP contribution in [-0.4, -0.2) is 16.4 Å². The van der Waals surface area contributed by atoms with Gasteiger partial charge in [-0.15, -0.1) is 0 Å². The molecular weight excluding hydrogens is 206 g/mol. The summed E-state index contributed by atoms with van der Waals surface area (Å²) in [5.41, 5.74) is 0. The van der Waals surface area contributed by atoms with Crippen LogP contribution >= 0.6 is 16.1 Å².